The lowest BCUT2D eigenvalue weighted by Gasteiger charge is -2.07. The van der Waals surface area contributed by atoms with E-state index in [2.05, 4.69) is 6.92 Å². The van der Waals surface area contributed by atoms with Crippen molar-refractivity contribution in [3.05, 3.63) is 0 Å². The molecule has 0 aromatic rings. The van der Waals surface area contributed by atoms with Gasteiger partial charge in [0.1, 0.15) is 0 Å². The zero-order valence-electron chi connectivity index (χ0n) is 18.2. The molecule has 0 amide bonds. The molecule has 0 aromatic carbocycles. The molecular formula is C23H47Cl3Si. The summed E-state index contributed by atoms with van der Waals surface area (Å²) in [7, 11) is 0. The van der Waals surface area contributed by atoms with E-state index in [9.17, 15) is 0 Å². The van der Waals surface area contributed by atoms with Crippen LogP contribution >= 0.6 is 33.2 Å². The lowest BCUT2D eigenvalue weighted by atomic mass is 10.0. The van der Waals surface area contributed by atoms with Gasteiger partial charge >= 0.3 is 6.00 Å². The Morgan fingerprint density at radius 3 is 0.815 bits per heavy atom. The van der Waals surface area contributed by atoms with Crippen LogP contribution in [-0.4, -0.2) is 6.00 Å². The molecule has 0 nitrogen and oxygen atoms in total. The Labute approximate surface area is 186 Å². The van der Waals surface area contributed by atoms with E-state index >= 15 is 0 Å². The summed E-state index contributed by atoms with van der Waals surface area (Å²) < 4.78 is 0. The summed E-state index contributed by atoms with van der Waals surface area (Å²) in [5.41, 5.74) is 0. The number of unbranched alkanes of at least 4 members (excludes halogenated alkanes) is 20. The number of rotatable bonds is 22. The van der Waals surface area contributed by atoms with Crippen molar-refractivity contribution in [2.24, 2.45) is 0 Å². The van der Waals surface area contributed by atoms with Crippen LogP contribution in [0.4, 0.5) is 0 Å². The van der Waals surface area contributed by atoms with E-state index in [-0.39, 0.29) is 0 Å². The minimum Gasteiger partial charge on any atom is -0.126 e. The molecule has 0 spiro atoms. The molecule has 0 rings (SSSR count). The minimum atomic E-state index is -2.36. The molecule has 0 bridgehead atoms. The average Bonchev–Trinajstić information content (AvgIpc) is 2.62. The van der Waals surface area contributed by atoms with Crippen LogP contribution in [0.1, 0.15) is 142 Å². The lowest BCUT2D eigenvalue weighted by Crippen LogP contribution is -2.07. The zero-order chi connectivity index (χ0) is 20.1. The number of halogens is 3. The second kappa shape index (κ2) is 21.8. The van der Waals surface area contributed by atoms with Gasteiger partial charge in [-0.15, -0.1) is 33.2 Å². The summed E-state index contributed by atoms with van der Waals surface area (Å²) in [6.07, 6.45) is 29.6. The fraction of sp³-hybridized carbons (Fsp3) is 1.00. The highest BCUT2D eigenvalue weighted by atomic mass is 35.8. The predicted molar refractivity (Wildman–Crippen MR) is 131 cm³/mol. The van der Waals surface area contributed by atoms with E-state index in [1.807, 2.05) is 0 Å². The van der Waals surface area contributed by atoms with Gasteiger partial charge in [0.2, 0.25) is 0 Å². The first-order chi connectivity index (χ1) is 13.1. The Morgan fingerprint density at radius 2 is 0.593 bits per heavy atom. The SMILES string of the molecule is CCCCCCCCCCCCCCCCCCCCCCC[Si](Cl)(Cl)Cl. The highest BCUT2D eigenvalue weighted by Gasteiger charge is 2.23. The minimum absolute atomic E-state index is 0.830. The van der Waals surface area contributed by atoms with Crippen molar-refractivity contribution in [2.75, 3.05) is 0 Å². The Hall–Kier alpha value is 1.09. The molecule has 0 atom stereocenters. The van der Waals surface area contributed by atoms with Crippen LogP contribution in [0.25, 0.3) is 0 Å². The van der Waals surface area contributed by atoms with E-state index in [0.717, 1.165) is 12.5 Å². The second-order valence-corrected chi connectivity index (χ2v) is 17.7. The number of hydrogen-bond donors (Lipinski definition) is 0. The van der Waals surface area contributed by atoms with Crippen molar-refractivity contribution in [3.8, 4) is 0 Å². The van der Waals surface area contributed by atoms with Gasteiger partial charge in [-0.25, -0.2) is 0 Å². The summed E-state index contributed by atoms with van der Waals surface area (Å²) in [4.78, 5) is 0. The third-order valence-electron chi connectivity index (χ3n) is 5.56. The fourth-order valence-electron chi connectivity index (χ4n) is 3.76. The monoisotopic (exact) mass is 456 g/mol. The smallest absolute Gasteiger partial charge is 0.126 e. The maximum absolute atomic E-state index is 5.89. The van der Waals surface area contributed by atoms with Crippen LogP contribution in [0.3, 0.4) is 0 Å². The highest BCUT2D eigenvalue weighted by Crippen LogP contribution is 2.27. The molecule has 0 aliphatic heterocycles. The zero-order valence-corrected chi connectivity index (χ0v) is 21.5. The molecule has 4 heteroatoms. The highest BCUT2D eigenvalue weighted by molar-refractivity contribution is 7.64. The van der Waals surface area contributed by atoms with Crippen molar-refractivity contribution >= 4 is 39.2 Å². The van der Waals surface area contributed by atoms with Crippen molar-refractivity contribution < 1.29 is 0 Å². The van der Waals surface area contributed by atoms with E-state index < -0.39 is 6.00 Å². The molecule has 0 unspecified atom stereocenters. The Morgan fingerprint density at radius 1 is 0.370 bits per heavy atom. The Bertz CT molecular complexity index is 279. The van der Waals surface area contributed by atoms with Crippen LogP contribution < -0.4 is 0 Å². The standard InChI is InChI=1S/C23H47Cl3Si/c1-2-3-4-5-6-7-8-9-10-11-12-13-14-15-16-17-18-19-20-21-22-23-27(24,25)26/h2-23H2,1H3. The summed E-state index contributed by atoms with van der Waals surface area (Å²) in [6, 6.07) is -1.53. The van der Waals surface area contributed by atoms with Gasteiger partial charge in [-0.2, -0.15) is 0 Å². The lowest BCUT2D eigenvalue weighted by molar-refractivity contribution is 0.521. The third-order valence-corrected chi connectivity index (χ3v) is 8.19. The molecular weight excluding hydrogens is 411 g/mol. The van der Waals surface area contributed by atoms with Crippen molar-refractivity contribution in [1.29, 1.82) is 0 Å². The van der Waals surface area contributed by atoms with Gasteiger partial charge in [-0.1, -0.05) is 142 Å². The first-order valence-electron chi connectivity index (χ1n) is 12.1. The average molecular weight is 458 g/mol. The third kappa shape index (κ3) is 27.1. The molecule has 0 heterocycles. The molecule has 0 N–H and O–H groups in total. The van der Waals surface area contributed by atoms with Crippen molar-refractivity contribution in [3.63, 3.8) is 0 Å². The normalized spacial score (nSPS) is 12.0. The molecule has 0 saturated heterocycles. The van der Waals surface area contributed by atoms with Crippen LogP contribution in [0, 0.1) is 0 Å². The quantitative estimate of drug-likeness (QED) is 0.0860. The maximum atomic E-state index is 5.89. The van der Waals surface area contributed by atoms with Crippen LogP contribution in [0.2, 0.25) is 6.04 Å². The number of hydrogen-bond acceptors (Lipinski definition) is 0. The van der Waals surface area contributed by atoms with Gasteiger partial charge in [0.05, 0.1) is 0 Å². The largest absolute Gasteiger partial charge is 0.341 e. The van der Waals surface area contributed by atoms with Gasteiger partial charge in [-0.3, -0.25) is 0 Å². The van der Waals surface area contributed by atoms with Crippen molar-refractivity contribution in [2.45, 2.75) is 148 Å². The van der Waals surface area contributed by atoms with Crippen LogP contribution in [0.5, 0.6) is 0 Å². The summed E-state index contributed by atoms with van der Waals surface area (Å²) in [5, 5.41) is 0. The van der Waals surface area contributed by atoms with Crippen LogP contribution in [0.15, 0.2) is 0 Å². The molecule has 0 aliphatic rings. The first kappa shape index (κ1) is 28.1. The van der Waals surface area contributed by atoms with E-state index in [4.69, 9.17) is 33.2 Å². The van der Waals surface area contributed by atoms with Gasteiger partial charge in [0.15, 0.2) is 0 Å². The molecule has 0 aromatic heterocycles. The molecule has 0 fully saturated rings. The summed E-state index contributed by atoms with van der Waals surface area (Å²) in [6.45, 7) is 2.29. The van der Waals surface area contributed by atoms with Gasteiger partial charge in [-0.05, 0) is 6.04 Å². The fourth-order valence-corrected chi connectivity index (χ4v) is 5.61. The van der Waals surface area contributed by atoms with Gasteiger partial charge in [0, 0.05) is 0 Å². The molecule has 164 valence electrons. The molecule has 0 aliphatic carbocycles. The van der Waals surface area contributed by atoms with Crippen molar-refractivity contribution in [1.82, 2.24) is 0 Å². The topological polar surface area (TPSA) is 0 Å². The first-order valence-corrected chi connectivity index (χ1v) is 17.4. The van der Waals surface area contributed by atoms with Gasteiger partial charge < -0.3 is 0 Å². The Kier molecular flexibility index (Phi) is 22.7. The summed E-state index contributed by atoms with van der Waals surface area (Å²) in [5.74, 6) is 0. The predicted octanol–water partition coefficient (Wildman–Crippen LogP) is 10.9. The maximum Gasteiger partial charge on any atom is 0.341 e. The van der Waals surface area contributed by atoms with E-state index in [1.54, 1.807) is 0 Å². The van der Waals surface area contributed by atoms with E-state index in [1.165, 1.54) is 128 Å². The second-order valence-electron chi connectivity index (χ2n) is 8.44. The van der Waals surface area contributed by atoms with Crippen LogP contribution in [-0.2, 0) is 0 Å². The molecule has 0 saturated carbocycles. The summed E-state index contributed by atoms with van der Waals surface area (Å²) >= 11 is 17.7. The molecule has 27 heavy (non-hydrogen) atoms. The van der Waals surface area contributed by atoms with E-state index in [0.29, 0.717) is 0 Å². The Balaban J connectivity index is 3.01. The molecule has 0 radical (unpaired) electrons. The van der Waals surface area contributed by atoms with Gasteiger partial charge in [0.25, 0.3) is 0 Å².